The van der Waals surface area contributed by atoms with Crippen molar-refractivity contribution in [3.63, 3.8) is 0 Å². The van der Waals surface area contributed by atoms with Gasteiger partial charge in [0.15, 0.2) is 12.6 Å². The van der Waals surface area contributed by atoms with E-state index < -0.39 is 121 Å². The number of esters is 1. The van der Waals surface area contributed by atoms with Crippen LogP contribution in [0.5, 0.6) is 0 Å². The third-order valence-corrected chi connectivity index (χ3v) is 10.8. The lowest BCUT2D eigenvalue weighted by atomic mass is 9.74. The second-order valence-electron chi connectivity index (χ2n) is 15.1. The van der Waals surface area contributed by atoms with Gasteiger partial charge in [0.05, 0.1) is 54.2 Å². The minimum Gasteiger partial charge on any atom is -0.462 e. The lowest BCUT2D eigenvalue weighted by Crippen LogP contribution is -2.59. The normalized spacial score (nSPS) is 50.4. The molecule has 14 nitrogen and oxygen atoms in total. The van der Waals surface area contributed by atoms with Crippen LogP contribution in [-0.4, -0.2) is 133 Å². The number of rotatable bonds is 6. The molecule has 3 rings (SSSR count). The maximum Gasteiger partial charge on any atom is 0.311 e. The van der Waals surface area contributed by atoms with E-state index in [1.54, 1.807) is 48.5 Å². The maximum atomic E-state index is 13.9. The lowest BCUT2D eigenvalue weighted by Gasteiger charge is -2.47. The van der Waals surface area contributed by atoms with Gasteiger partial charge in [0.25, 0.3) is 0 Å². The van der Waals surface area contributed by atoms with Gasteiger partial charge in [-0.05, 0) is 40.5 Å². The summed E-state index contributed by atoms with van der Waals surface area (Å²) in [5.41, 5.74) is -3.44. The van der Waals surface area contributed by atoms with E-state index in [4.69, 9.17) is 23.7 Å². The van der Waals surface area contributed by atoms with Gasteiger partial charge in [0, 0.05) is 36.5 Å². The first kappa shape index (κ1) is 41.1. The van der Waals surface area contributed by atoms with Crippen LogP contribution in [0.4, 0.5) is 0 Å². The van der Waals surface area contributed by atoms with E-state index in [1.165, 1.54) is 13.8 Å². The van der Waals surface area contributed by atoms with E-state index in [9.17, 15) is 45.3 Å². The number of ether oxygens (including phenoxy) is 5. The summed E-state index contributed by atoms with van der Waals surface area (Å²) in [6, 6.07) is 0. The van der Waals surface area contributed by atoms with Crippen LogP contribution in [0.15, 0.2) is 0 Å². The molecule has 3 aliphatic rings. The van der Waals surface area contributed by atoms with Crippen LogP contribution in [0, 0.1) is 29.6 Å². The van der Waals surface area contributed by atoms with Crippen LogP contribution in [0.1, 0.15) is 88.0 Å². The monoisotopic (exact) mass is 692 g/mol. The molecule has 280 valence electrons. The predicted octanol–water partition coefficient (Wildman–Crippen LogP) is 0.420. The number of Topliss-reactive ketones (excluding diaryl/α,β-unsaturated/α-hetero) is 1. The van der Waals surface area contributed by atoms with Crippen LogP contribution in [0.2, 0.25) is 0 Å². The highest BCUT2D eigenvalue weighted by molar-refractivity contribution is 5.83. The predicted molar refractivity (Wildman–Crippen MR) is 170 cm³/mol. The highest BCUT2D eigenvalue weighted by atomic mass is 16.7. The second-order valence-corrected chi connectivity index (χ2v) is 15.1. The zero-order chi connectivity index (χ0) is 36.5. The standard InChI is InChI=1S/C34H60O14/c1-10-23-16(3)27(39)17(4)26(38)15(2)12-34(9,43)30(48-32-22(37)11-21(36)24(14-35)46-32)18(5)28(19(6)31(41)45-23)47-25-13-33(8,42)29(40)20(7)44-25/h15-25,27-30,32,35-37,39-40,42-43H,10-14H2,1-9H3/t15-,16+,17+,18+,19-,20?,21-,22?,23-,24?,25+,27+,28+,29+,30-,32+,33?,34-/m1/s1. The van der Waals surface area contributed by atoms with E-state index >= 15 is 0 Å². The van der Waals surface area contributed by atoms with Crippen molar-refractivity contribution in [3.8, 4) is 0 Å². The van der Waals surface area contributed by atoms with Crippen LogP contribution >= 0.6 is 0 Å². The van der Waals surface area contributed by atoms with Crippen molar-refractivity contribution in [1.29, 1.82) is 0 Å². The van der Waals surface area contributed by atoms with Crippen molar-refractivity contribution in [2.45, 2.75) is 167 Å². The Morgan fingerprint density at radius 3 is 2.00 bits per heavy atom. The molecule has 4 unspecified atom stereocenters. The van der Waals surface area contributed by atoms with Crippen LogP contribution < -0.4 is 0 Å². The zero-order valence-corrected chi connectivity index (χ0v) is 29.8. The van der Waals surface area contributed by atoms with Crippen LogP contribution in [0.3, 0.4) is 0 Å². The molecule has 0 bridgehead atoms. The van der Waals surface area contributed by atoms with Crippen molar-refractivity contribution in [2.24, 2.45) is 29.6 Å². The first-order valence-corrected chi connectivity index (χ1v) is 17.3. The molecule has 0 aromatic carbocycles. The summed E-state index contributed by atoms with van der Waals surface area (Å²) in [7, 11) is 0. The Hall–Kier alpha value is -1.30. The minimum absolute atomic E-state index is 0.151. The van der Waals surface area contributed by atoms with E-state index in [-0.39, 0.29) is 25.0 Å². The van der Waals surface area contributed by atoms with Gasteiger partial charge < -0.3 is 59.4 Å². The molecule has 3 heterocycles. The molecule has 0 radical (unpaired) electrons. The SMILES string of the molecule is CC[C@H]1OC(=O)[C@H](C)[C@@H](O[C@H]2CC(C)(O)[C@@H](O)C(C)O2)[C@H](C)[C@@H](O[C@@H]2OC(CO)[C@H](O)CC2O)[C@](C)(O)C[C@@H](C)C(=O)[C@H](C)[C@@H](O)[C@H]1C. The second kappa shape index (κ2) is 16.4. The number of ketones is 1. The van der Waals surface area contributed by atoms with Gasteiger partial charge in [0.2, 0.25) is 0 Å². The molecule has 3 fully saturated rings. The molecule has 3 aliphatic heterocycles. The van der Waals surface area contributed by atoms with Crippen molar-refractivity contribution < 1.29 is 69.0 Å². The number of aliphatic hydroxyl groups is 7. The first-order chi connectivity index (χ1) is 22.2. The number of carbonyl (C=O) groups is 2. The molecule has 0 spiro atoms. The number of hydrogen-bond acceptors (Lipinski definition) is 14. The van der Waals surface area contributed by atoms with E-state index in [0.29, 0.717) is 6.42 Å². The van der Waals surface area contributed by atoms with Gasteiger partial charge in [-0.25, -0.2) is 0 Å². The van der Waals surface area contributed by atoms with Crippen LogP contribution in [0.25, 0.3) is 0 Å². The van der Waals surface area contributed by atoms with E-state index in [2.05, 4.69) is 0 Å². The molecular formula is C34H60O14. The van der Waals surface area contributed by atoms with E-state index in [0.717, 1.165) is 0 Å². The highest BCUT2D eigenvalue weighted by Crippen LogP contribution is 2.39. The Morgan fingerprint density at radius 2 is 1.44 bits per heavy atom. The minimum atomic E-state index is -1.84. The average Bonchev–Trinajstić information content (AvgIpc) is 3.01. The summed E-state index contributed by atoms with van der Waals surface area (Å²) >= 11 is 0. The molecule has 0 aliphatic carbocycles. The van der Waals surface area contributed by atoms with Crippen molar-refractivity contribution >= 4 is 11.8 Å². The number of hydrogen-bond donors (Lipinski definition) is 7. The molecule has 18 atom stereocenters. The maximum absolute atomic E-state index is 13.9. The third-order valence-electron chi connectivity index (χ3n) is 10.8. The number of cyclic esters (lactones) is 1. The van der Waals surface area contributed by atoms with Gasteiger partial charge in [-0.1, -0.05) is 34.6 Å². The average molecular weight is 693 g/mol. The largest absolute Gasteiger partial charge is 0.462 e. The molecule has 0 aromatic rings. The molecule has 0 saturated carbocycles. The molecule has 14 heteroatoms. The van der Waals surface area contributed by atoms with Crippen molar-refractivity contribution in [3.05, 3.63) is 0 Å². The fourth-order valence-corrected chi connectivity index (χ4v) is 7.67. The molecule has 0 amide bonds. The topological polar surface area (TPSA) is 222 Å². The Bertz CT molecular complexity index is 1070. The summed E-state index contributed by atoms with van der Waals surface area (Å²) in [6.07, 6.45) is -12.7. The summed E-state index contributed by atoms with van der Waals surface area (Å²) in [5, 5.41) is 75.8. The molecular weight excluding hydrogens is 632 g/mol. The Kier molecular flexibility index (Phi) is 14.0. The van der Waals surface area contributed by atoms with Gasteiger partial charge in [0.1, 0.15) is 30.2 Å². The summed E-state index contributed by atoms with van der Waals surface area (Å²) in [5.74, 6) is -5.19. The smallest absolute Gasteiger partial charge is 0.311 e. The van der Waals surface area contributed by atoms with Crippen LogP contribution in [-0.2, 0) is 33.3 Å². The summed E-state index contributed by atoms with van der Waals surface area (Å²) in [6.45, 7) is 13.9. The fourth-order valence-electron chi connectivity index (χ4n) is 7.67. The zero-order valence-electron chi connectivity index (χ0n) is 29.8. The van der Waals surface area contributed by atoms with Gasteiger partial charge >= 0.3 is 5.97 Å². The first-order valence-electron chi connectivity index (χ1n) is 17.3. The Balaban J connectivity index is 2.13. The molecule has 7 N–H and O–H groups in total. The Morgan fingerprint density at radius 1 is 0.812 bits per heavy atom. The molecule has 3 saturated heterocycles. The quantitative estimate of drug-likeness (QED) is 0.188. The summed E-state index contributed by atoms with van der Waals surface area (Å²) < 4.78 is 30.3. The van der Waals surface area contributed by atoms with Gasteiger partial charge in [-0.15, -0.1) is 0 Å². The van der Waals surface area contributed by atoms with E-state index in [1.807, 2.05) is 0 Å². The van der Waals surface area contributed by atoms with Gasteiger partial charge in [-0.2, -0.15) is 0 Å². The lowest BCUT2D eigenvalue weighted by molar-refractivity contribution is -0.321. The summed E-state index contributed by atoms with van der Waals surface area (Å²) in [4.78, 5) is 27.5. The third kappa shape index (κ3) is 9.13. The fraction of sp³-hybridized carbons (Fsp3) is 0.941. The molecule has 48 heavy (non-hydrogen) atoms. The van der Waals surface area contributed by atoms with Crippen molar-refractivity contribution in [1.82, 2.24) is 0 Å². The Labute approximate surface area is 283 Å². The van der Waals surface area contributed by atoms with Gasteiger partial charge in [-0.3, -0.25) is 9.59 Å². The number of carbonyl (C=O) groups excluding carboxylic acids is 2. The molecule has 0 aromatic heterocycles. The van der Waals surface area contributed by atoms with Crippen molar-refractivity contribution in [2.75, 3.05) is 6.61 Å². The highest BCUT2D eigenvalue weighted by Gasteiger charge is 2.51. The number of aliphatic hydroxyl groups excluding tert-OH is 5.